The molecule has 6 heteroatoms. The summed E-state index contributed by atoms with van der Waals surface area (Å²) in [4.78, 5) is 12.8. The van der Waals surface area contributed by atoms with Crippen molar-refractivity contribution >= 4 is 6.41 Å². The Morgan fingerprint density at radius 3 is 1.95 bits per heavy atom. The zero-order valence-electron chi connectivity index (χ0n) is 24.3. The van der Waals surface area contributed by atoms with Crippen molar-refractivity contribution in [2.75, 3.05) is 13.1 Å². The van der Waals surface area contributed by atoms with Gasteiger partial charge in [0.2, 0.25) is 6.41 Å². The fourth-order valence-corrected chi connectivity index (χ4v) is 6.85. The predicted molar refractivity (Wildman–Crippen MR) is 149 cm³/mol. The molecular weight excluding hydrogens is 502 g/mol. The number of nitrogens with zero attached hydrogens (tertiary/aromatic N) is 1. The van der Waals surface area contributed by atoms with E-state index in [1.165, 1.54) is 18.6 Å². The van der Waals surface area contributed by atoms with Gasteiger partial charge >= 0.3 is 0 Å². The summed E-state index contributed by atoms with van der Waals surface area (Å²) in [7, 11) is 0. The van der Waals surface area contributed by atoms with Crippen molar-refractivity contribution in [3.05, 3.63) is 70.8 Å². The number of amides is 1. The Labute approximate surface area is 232 Å². The summed E-state index contributed by atoms with van der Waals surface area (Å²) in [5.74, 6) is 1.14. The number of hydrogen-bond acceptors (Lipinski definition) is 1. The molecule has 1 saturated carbocycles. The lowest BCUT2D eigenvalue weighted by molar-refractivity contribution is -0.121. The highest BCUT2D eigenvalue weighted by Crippen LogP contribution is 2.43. The Bertz CT molecular complexity index is 1090. The number of halogens is 4. The zero-order chi connectivity index (χ0) is 28.9. The standard InChI is InChI=1S/C17H24F2.C16H21F2NO/c1-11(2)8-14-9-13(5-4-12(14)3)16-7-6-15(18)10-17(16)19;1-10(2)14-8-19(9-20)7-11(3)16(14)13-5-4-12(17)6-15(13)18/h6-7,10-14H,4-5,8-9H2,1-3H3;4-6,9-11,14,16H,7-8H2,1-3H3/t12?,13-,14?;11-,14?,16?/m01/s1. The first kappa shape index (κ1) is 31.2. The average Bonchev–Trinajstić information content (AvgIpc) is 2.85. The fourth-order valence-electron chi connectivity index (χ4n) is 6.85. The Balaban J connectivity index is 0.000000216. The van der Waals surface area contributed by atoms with Gasteiger partial charge in [-0.2, -0.15) is 0 Å². The van der Waals surface area contributed by atoms with E-state index in [1.54, 1.807) is 17.0 Å². The van der Waals surface area contributed by atoms with Gasteiger partial charge in [0.05, 0.1) is 0 Å². The molecule has 0 bridgehead atoms. The SMILES string of the molecule is CC(C)C1CN(C=O)C[C@@H](C)C1c1ccc(F)cc1F.CC(C)CC1C[C@@H](c2ccc(F)cc2F)CCC1C. The summed E-state index contributed by atoms with van der Waals surface area (Å²) in [6.45, 7) is 14.2. The topological polar surface area (TPSA) is 20.3 Å². The first-order chi connectivity index (χ1) is 18.4. The lowest BCUT2D eigenvalue weighted by Crippen LogP contribution is -2.45. The second-order valence-electron chi connectivity index (χ2n) is 12.7. The maximum Gasteiger partial charge on any atom is 0.209 e. The summed E-state index contributed by atoms with van der Waals surface area (Å²) >= 11 is 0. The van der Waals surface area contributed by atoms with Gasteiger partial charge in [-0.15, -0.1) is 0 Å². The van der Waals surface area contributed by atoms with E-state index in [4.69, 9.17) is 0 Å². The van der Waals surface area contributed by atoms with Gasteiger partial charge in [-0.1, -0.05) is 53.7 Å². The van der Waals surface area contributed by atoms with Crippen molar-refractivity contribution in [1.82, 2.24) is 4.90 Å². The molecule has 2 aliphatic rings. The molecule has 216 valence electrons. The van der Waals surface area contributed by atoms with Gasteiger partial charge < -0.3 is 4.90 Å². The Morgan fingerprint density at radius 2 is 1.44 bits per heavy atom. The Morgan fingerprint density at radius 1 is 0.846 bits per heavy atom. The van der Waals surface area contributed by atoms with E-state index in [2.05, 4.69) is 34.6 Å². The first-order valence-corrected chi connectivity index (χ1v) is 14.5. The van der Waals surface area contributed by atoms with E-state index in [0.717, 1.165) is 43.7 Å². The molecule has 2 fully saturated rings. The smallest absolute Gasteiger partial charge is 0.209 e. The minimum absolute atomic E-state index is 0.0202. The molecule has 6 atom stereocenters. The van der Waals surface area contributed by atoms with Gasteiger partial charge in [0, 0.05) is 25.2 Å². The van der Waals surface area contributed by atoms with Crippen LogP contribution in [0, 0.1) is 58.8 Å². The van der Waals surface area contributed by atoms with Crippen LogP contribution < -0.4 is 0 Å². The van der Waals surface area contributed by atoms with Crippen LogP contribution in [0.15, 0.2) is 36.4 Å². The van der Waals surface area contributed by atoms with Crippen molar-refractivity contribution in [3.63, 3.8) is 0 Å². The van der Waals surface area contributed by atoms with Crippen LogP contribution in [0.3, 0.4) is 0 Å². The molecule has 4 unspecified atom stereocenters. The Hall–Kier alpha value is -2.37. The lowest BCUT2D eigenvalue weighted by Gasteiger charge is -2.43. The summed E-state index contributed by atoms with van der Waals surface area (Å²) in [6, 6.07) is 7.86. The molecule has 0 radical (unpaired) electrons. The molecule has 2 nitrogen and oxygen atoms in total. The molecule has 1 amide bonds. The highest BCUT2D eigenvalue weighted by molar-refractivity contribution is 5.47. The van der Waals surface area contributed by atoms with Crippen LogP contribution in [0.25, 0.3) is 0 Å². The van der Waals surface area contributed by atoms with Crippen molar-refractivity contribution in [3.8, 4) is 0 Å². The fraction of sp³-hybridized carbons (Fsp3) is 0.606. The third-order valence-corrected chi connectivity index (χ3v) is 8.91. The predicted octanol–water partition coefficient (Wildman–Crippen LogP) is 8.96. The maximum absolute atomic E-state index is 14.1. The number of rotatable bonds is 6. The molecule has 1 heterocycles. The van der Waals surface area contributed by atoms with Crippen LogP contribution in [0.2, 0.25) is 0 Å². The number of carbonyl (C=O) groups excluding carboxylic acids is 1. The van der Waals surface area contributed by atoms with E-state index >= 15 is 0 Å². The number of benzene rings is 2. The number of carbonyl (C=O) groups is 1. The van der Waals surface area contributed by atoms with Gasteiger partial charge in [-0.3, -0.25) is 4.79 Å². The van der Waals surface area contributed by atoms with Crippen molar-refractivity contribution in [2.24, 2.45) is 35.5 Å². The van der Waals surface area contributed by atoms with Crippen LogP contribution in [0.4, 0.5) is 17.6 Å². The van der Waals surface area contributed by atoms with E-state index in [1.807, 2.05) is 6.92 Å². The zero-order valence-corrected chi connectivity index (χ0v) is 24.3. The summed E-state index contributed by atoms with van der Waals surface area (Å²) in [5.41, 5.74) is 1.28. The average molecular weight is 548 g/mol. The van der Waals surface area contributed by atoms with Crippen molar-refractivity contribution < 1.29 is 22.4 Å². The number of likely N-dealkylation sites (tertiary alicyclic amines) is 1. The summed E-state index contributed by atoms with van der Waals surface area (Å²) in [5, 5.41) is 0. The second kappa shape index (κ2) is 13.8. The van der Waals surface area contributed by atoms with Crippen LogP contribution in [0.1, 0.15) is 90.2 Å². The minimum atomic E-state index is -0.551. The van der Waals surface area contributed by atoms with Crippen molar-refractivity contribution in [1.29, 1.82) is 0 Å². The highest BCUT2D eigenvalue weighted by Gasteiger charge is 2.38. The van der Waals surface area contributed by atoms with E-state index in [-0.39, 0.29) is 29.5 Å². The molecule has 0 aromatic heterocycles. The van der Waals surface area contributed by atoms with Crippen LogP contribution in [-0.4, -0.2) is 24.4 Å². The quantitative estimate of drug-likeness (QED) is 0.261. The van der Waals surface area contributed by atoms with Crippen LogP contribution in [-0.2, 0) is 4.79 Å². The molecular formula is C33H45F4NO. The Kier molecular flexibility index (Phi) is 11.0. The first-order valence-electron chi connectivity index (χ1n) is 14.5. The van der Waals surface area contributed by atoms with E-state index in [9.17, 15) is 22.4 Å². The normalized spacial score (nSPS) is 27.3. The summed E-state index contributed by atoms with van der Waals surface area (Å²) < 4.78 is 54.1. The minimum Gasteiger partial charge on any atom is -0.345 e. The molecule has 1 aliphatic heterocycles. The van der Waals surface area contributed by atoms with Gasteiger partial charge in [0.1, 0.15) is 23.3 Å². The second-order valence-corrected chi connectivity index (χ2v) is 12.7. The van der Waals surface area contributed by atoms with Gasteiger partial charge in [0.25, 0.3) is 0 Å². The van der Waals surface area contributed by atoms with Crippen LogP contribution in [0.5, 0.6) is 0 Å². The molecule has 2 aromatic rings. The number of hydrogen-bond donors (Lipinski definition) is 0. The monoisotopic (exact) mass is 547 g/mol. The van der Waals surface area contributed by atoms with Crippen molar-refractivity contribution in [2.45, 2.75) is 79.1 Å². The van der Waals surface area contributed by atoms with E-state index < -0.39 is 17.5 Å². The molecule has 4 rings (SSSR count). The maximum atomic E-state index is 14.1. The van der Waals surface area contributed by atoms with E-state index in [0.29, 0.717) is 42.0 Å². The third-order valence-electron chi connectivity index (χ3n) is 8.91. The molecule has 39 heavy (non-hydrogen) atoms. The number of piperidine rings is 1. The summed E-state index contributed by atoms with van der Waals surface area (Å²) in [6.07, 6.45) is 5.29. The third kappa shape index (κ3) is 8.08. The highest BCUT2D eigenvalue weighted by atomic mass is 19.1. The van der Waals surface area contributed by atoms with Crippen LogP contribution >= 0.6 is 0 Å². The van der Waals surface area contributed by atoms with Gasteiger partial charge in [0.15, 0.2) is 0 Å². The lowest BCUT2D eigenvalue weighted by atomic mass is 9.70. The van der Waals surface area contributed by atoms with Gasteiger partial charge in [-0.25, -0.2) is 17.6 Å². The molecule has 1 aliphatic carbocycles. The molecule has 2 aromatic carbocycles. The molecule has 1 saturated heterocycles. The largest absolute Gasteiger partial charge is 0.345 e. The molecule has 0 spiro atoms. The molecule has 0 N–H and O–H groups in total. The van der Waals surface area contributed by atoms with Gasteiger partial charge in [-0.05, 0) is 96.3 Å².